The largest absolute Gasteiger partial charge is 0.308 e. The topological polar surface area (TPSA) is 3.24 Å². The van der Waals surface area contributed by atoms with Crippen LogP contribution in [0.5, 0.6) is 0 Å². The van der Waals surface area contributed by atoms with Crippen molar-refractivity contribution in [3.05, 3.63) is 212 Å². The van der Waals surface area contributed by atoms with E-state index in [1.54, 1.807) is 0 Å². The van der Waals surface area contributed by atoms with Crippen LogP contribution >= 0.6 is 11.3 Å². The average Bonchev–Trinajstić information content (AvgIpc) is 3.64. The van der Waals surface area contributed by atoms with E-state index in [4.69, 9.17) is 0 Å². The highest BCUT2D eigenvalue weighted by molar-refractivity contribution is 7.26. The van der Waals surface area contributed by atoms with Gasteiger partial charge in [-0.3, -0.25) is 0 Å². The summed E-state index contributed by atoms with van der Waals surface area (Å²) < 4.78 is 2.56. The molecule has 0 bridgehead atoms. The molecule has 0 N–H and O–H groups in total. The van der Waals surface area contributed by atoms with Crippen molar-refractivity contribution >= 4 is 59.3 Å². The Balaban J connectivity index is 1.19. The van der Waals surface area contributed by atoms with E-state index in [1.807, 2.05) is 11.3 Å². The molecule has 10 aromatic rings. The predicted molar refractivity (Wildman–Crippen MR) is 233 cm³/mol. The number of rotatable bonds is 7. The fourth-order valence-electron chi connectivity index (χ4n) is 7.93. The number of hydrogen-bond donors (Lipinski definition) is 0. The smallest absolute Gasteiger partial charge is 0.0640 e. The molecule has 0 saturated carbocycles. The Hall–Kier alpha value is -6.74. The Kier molecular flexibility index (Phi) is 8.09. The lowest BCUT2D eigenvalue weighted by atomic mass is 9.94. The molecule has 0 aliphatic carbocycles. The van der Waals surface area contributed by atoms with E-state index in [9.17, 15) is 0 Å². The van der Waals surface area contributed by atoms with E-state index in [1.165, 1.54) is 81.1 Å². The van der Waals surface area contributed by atoms with Gasteiger partial charge in [-0.1, -0.05) is 182 Å². The Morgan fingerprint density at radius 3 is 1.57 bits per heavy atom. The molecule has 10 rings (SSSR count). The standard InChI is InChI=1S/C52H35NS/c1-2-15-36(16-3-1)37-31-33-39(34-32-37)44-22-6-9-27-48(44)53(50-29-14-26-47-46-24-8-11-30-51(46)54-52(47)50)49-28-10-7-23-45(49)41-20-12-19-40(35-41)43-25-13-18-38-17-4-5-21-42(38)43/h1-35H. The van der Waals surface area contributed by atoms with E-state index in [0.717, 1.165) is 11.4 Å². The molecule has 54 heavy (non-hydrogen) atoms. The third-order valence-corrected chi connectivity index (χ3v) is 11.7. The highest BCUT2D eigenvalue weighted by atomic mass is 32.1. The van der Waals surface area contributed by atoms with Gasteiger partial charge in [0.25, 0.3) is 0 Å². The minimum absolute atomic E-state index is 1.13. The van der Waals surface area contributed by atoms with Gasteiger partial charge >= 0.3 is 0 Å². The summed E-state index contributed by atoms with van der Waals surface area (Å²) >= 11 is 1.87. The summed E-state index contributed by atoms with van der Waals surface area (Å²) in [6.45, 7) is 0. The lowest BCUT2D eigenvalue weighted by molar-refractivity contribution is 1.30. The van der Waals surface area contributed by atoms with Gasteiger partial charge < -0.3 is 4.90 Å². The molecule has 0 aliphatic heterocycles. The van der Waals surface area contributed by atoms with Crippen molar-refractivity contribution in [3.8, 4) is 44.5 Å². The molecule has 0 fully saturated rings. The van der Waals surface area contributed by atoms with Crippen molar-refractivity contribution in [2.45, 2.75) is 0 Å². The number of thiophene rings is 1. The normalized spacial score (nSPS) is 11.3. The zero-order valence-corrected chi connectivity index (χ0v) is 30.4. The molecule has 1 nitrogen and oxygen atoms in total. The van der Waals surface area contributed by atoms with E-state index < -0.39 is 0 Å². The molecule has 254 valence electrons. The van der Waals surface area contributed by atoms with Crippen LogP contribution < -0.4 is 4.90 Å². The summed E-state index contributed by atoms with van der Waals surface area (Å²) in [6.07, 6.45) is 0. The maximum absolute atomic E-state index is 2.50. The molecule has 1 heterocycles. The van der Waals surface area contributed by atoms with Gasteiger partial charge in [0.1, 0.15) is 0 Å². The first-order chi connectivity index (χ1) is 26.8. The number of benzene rings is 9. The Morgan fingerprint density at radius 1 is 0.296 bits per heavy atom. The fourth-order valence-corrected chi connectivity index (χ4v) is 9.13. The van der Waals surface area contributed by atoms with Crippen molar-refractivity contribution in [2.24, 2.45) is 0 Å². The molecular weight excluding hydrogens is 671 g/mol. The zero-order valence-electron chi connectivity index (χ0n) is 29.6. The van der Waals surface area contributed by atoms with Gasteiger partial charge in [0.2, 0.25) is 0 Å². The second kappa shape index (κ2) is 13.7. The van der Waals surface area contributed by atoms with Gasteiger partial charge in [-0.25, -0.2) is 0 Å². The van der Waals surface area contributed by atoms with Crippen LogP contribution in [0.3, 0.4) is 0 Å². The summed E-state index contributed by atoms with van der Waals surface area (Å²) in [5, 5.41) is 5.07. The second-order valence-corrected chi connectivity index (χ2v) is 14.7. The van der Waals surface area contributed by atoms with Crippen molar-refractivity contribution in [3.63, 3.8) is 0 Å². The molecule has 0 unspecified atom stereocenters. The first-order valence-electron chi connectivity index (χ1n) is 18.4. The lowest BCUT2D eigenvalue weighted by Gasteiger charge is -2.30. The first kappa shape index (κ1) is 32.0. The number of para-hydroxylation sites is 2. The summed E-state index contributed by atoms with van der Waals surface area (Å²) in [7, 11) is 0. The van der Waals surface area contributed by atoms with Crippen LogP contribution in [0.25, 0.3) is 75.5 Å². The molecule has 0 radical (unpaired) electrons. The van der Waals surface area contributed by atoms with Crippen LogP contribution in [0.15, 0.2) is 212 Å². The molecule has 0 spiro atoms. The summed E-state index contributed by atoms with van der Waals surface area (Å²) in [4.78, 5) is 2.50. The van der Waals surface area contributed by atoms with E-state index in [0.29, 0.717) is 0 Å². The van der Waals surface area contributed by atoms with Gasteiger partial charge in [0, 0.05) is 26.6 Å². The second-order valence-electron chi connectivity index (χ2n) is 13.7. The Bertz CT molecular complexity index is 2930. The minimum Gasteiger partial charge on any atom is -0.308 e. The van der Waals surface area contributed by atoms with Crippen LogP contribution in [-0.4, -0.2) is 0 Å². The van der Waals surface area contributed by atoms with Crippen LogP contribution in [0.4, 0.5) is 17.1 Å². The minimum atomic E-state index is 1.13. The quantitative estimate of drug-likeness (QED) is 0.160. The predicted octanol–water partition coefficient (Wildman–Crippen LogP) is 15.3. The molecule has 2 heteroatoms. The van der Waals surface area contributed by atoms with Gasteiger partial charge in [-0.15, -0.1) is 11.3 Å². The summed E-state index contributed by atoms with van der Waals surface area (Å²) in [5.41, 5.74) is 13.0. The number of hydrogen-bond acceptors (Lipinski definition) is 2. The third-order valence-electron chi connectivity index (χ3n) is 10.5. The average molecular weight is 706 g/mol. The van der Waals surface area contributed by atoms with Crippen LogP contribution in [0.2, 0.25) is 0 Å². The highest BCUT2D eigenvalue weighted by Gasteiger charge is 2.23. The van der Waals surface area contributed by atoms with Gasteiger partial charge in [-0.2, -0.15) is 0 Å². The van der Waals surface area contributed by atoms with Crippen LogP contribution in [-0.2, 0) is 0 Å². The summed E-state index contributed by atoms with van der Waals surface area (Å²) in [5.74, 6) is 0. The lowest BCUT2D eigenvalue weighted by Crippen LogP contribution is -2.12. The Labute approximate surface area is 319 Å². The zero-order chi connectivity index (χ0) is 35.8. The number of fused-ring (bicyclic) bond motifs is 4. The SMILES string of the molecule is c1ccc(-c2ccc(-c3ccccc3N(c3ccccc3-c3cccc(-c4cccc5ccccc45)c3)c3cccc4c3sc3ccccc34)cc2)cc1. The first-order valence-corrected chi connectivity index (χ1v) is 19.2. The van der Waals surface area contributed by atoms with E-state index in [-0.39, 0.29) is 0 Å². The molecule has 0 amide bonds. The molecule has 0 atom stereocenters. The number of anilines is 3. The van der Waals surface area contributed by atoms with Crippen molar-refractivity contribution in [1.82, 2.24) is 0 Å². The van der Waals surface area contributed by atoms with E-state index >= 15 is 0 Å². The fraction of sp³-hybridized carbons (Fsp3) is 0. The molecule has 0 aliphatic rings. The monoisotopic (exact) mass is 705 g/mol. The summed E-state index contributed by atoms with van der Waals surface area (Å²) in [6, 6.07) is 77.2. The maximum atomic E-state index is 2.50. The molecule has 1 aromatic heterocycles. The maximum Gasteiger partial charge on any atom is 0.0640 e. The van der Waals surface area contributed by atoms with Crippen LogP contribution in [0.1, 0.15) is 0 Å². The highest BCUT2D eigenvalue weighted by Crippen LogP contribution is 2.49. The van der Waals surface area contributed by atoms with Crippen molar-refractivity contribution < 1.29 is 0 Å². The van der Waals surface area contributed by atoms with Gasteiger partial charge in [-0.05, 0) is 74.5 Å². The van der Waals surface area contributed by atoms with Gasteiger partial charge in [0.05, 0.1) is 21.8 Å². The van der Waals surface area contributed by atoms with Crippen molar-refractivity contribution in [2.75, 3.05) is 4.90 Å². The molecule has 9 aromatic carbocycles. The molecule has 0 saturated heterocycles. The molecular formula is C52H35NS. The van der Waals surface area contributed by atoms with Crippen molar-refractivity contribution in [1.29, 1.82) is 0 Å². The van der Waals surface area contributed by atoms with Gasteiger partial charge in [0.15, 0.2) is 0 Å². The third kappa shape index (κ3) is 5.65. The Morgan fingerprint density at radius 2 is 0.778 bits per heavy atom. The van der Waals surface area contributed by atoms with E-state index in [2.05, 4.69) is 217 Å². The van der Waals surface area contributed by atoms with Crippen LogP contribution in [0, 0.1) is 0 Å². The number of nitrogens with zero attached hydrogens (tertiary/aromatic N) is 1.